The Morgan fingerprint density at radius 1 is 1.15 bits per heavy atom. The van der Waals surface area contributed by atoms with Gasteiger partial charge in [0, 0.05) is 41.4 Å². The summed E-state index contributed by atoms with van der Waals surface area (Å²) in [6.07, 6.45) is 1.32. The second-order valence-corrected chi connectivity index (χ2v) is 7.94. The Morgan fingerprint density at radius 2 is 1.81 bits per heavy atom. The number of nitrogens with zero attached hydrogens (tertiary/aromatic N) is 2. The molecule has 2 rings (SSSR count). The van der Waals surface area contributed by atoms with Crippen molar-refractivity contribution < 1.29 is 9.59 Å². The van der Waals surface area contributed by atoms with Gasteiger partial charge in [-0.1, -0.05) is 23.7 Å². The average molecular weight is 408 g/mol. The van der Waals surface area contributed by atoms with E-state index in [0.717, 1.165) is 21.1 Å². The Bertz CT molecular complexity index is 770. The van der Waals surface area contributed by atoms with E-state index < -0.39 is 0 Å². The minimum absolute atomic E-state index is 0.0526. The lowest BCUT2D eigenvalue weighted by Gasteiger charge is -2.18. The highest BCUT2D eigenvalue weighted by Crippen LogP contribution is 2.28. The fourth-order valence-corrected chi connectivity index (χ4v) is 3.82. The zero-order chi connectivity index (χ0) is 19.8. The Morgan fingerprint density at radius 3 is 2.44 bits per heavy atom. The van der Waals surface area contributed by atoms with Crippen LogP contribution < -0.4 is 5.32 Å². The van der Waals surface area contributed by atoms with Crippen LogP contribution in [0.2, 0.25) is 5.02 Å². The predicted octanol–water partition coefficient (Wildman–Crippen LogP) is 4.43. The van der Waals surface area contributed by atoms with Crippen LogP contribution in [0.15, 0.2) is 24.3 Å². The summed E-state index contributed by atoms with van der Waals surface area (Å²) in [5, 5.41) is 4.45. The number of rotatable bonds is 9. The van der Waals surface area contributed by atoms with Crippen molar-refractivity contribution in [1.82, 2.24) is 15.2 Å². The number of hydrogen-bond acceptors (Lipinski definition) is 4. The smallest absolute Gasteiger partial charge is 0.222 e. The summed E-state index contributed by atoms with van der Waals surface area (Å²) < 4.78 is 0. The number of carbonyl (C=O) groups excluding carboxylic acids is 2. The first-order valence-corrected chi connectivity index (χ1v) is 10.4. The number of benzene rings is 1. The maximum absolute atomic E-state index is 12.0. The molecule has 1 aromatic carbocycles. The van der Waals surface area contributed by atoms with Crippen LogP contribution in [0.1, 0.15) is 43.0 Å². The lowest BCUT2D eigenvalue weighted by molar-refractivity contribution is -0.131. The molecule has 0 aliphatic carbocycles. The minimum atomic E-state index is -0.0526. The molecule has 1 aromatic heterocycles. The van der Waals surface area contributed by atoms with Gasteiger partial charge in [0.05, 0.1) is 12.2 Å². The standard InChI is InChI=1S/C20H26ClN3O2S/c1-4-24(5-2)19(26)8-6-7-17(25)22-13-18-23-20(14(3)27-18)15-9-11-16(21)12-10-15/h9-12H,4-8,13H2,1-3H3,(H,22,25). The van der Waals surface area contributed by atoms with Gasteiger partial charge in [0.1, 0.15) is 5.01 Å². The number of aryl methyl sites for hydroxylation is 1. The first-order chi connectivity index (χ1) is 12.9. The van der Waals surface area contributed by atoms with Gasteiger partial charge in [-0.15, -0.1) is 11.3 Å². The van der Waals surface area contributed by atoms with Crippen LogP contribution in [-0.4, -0.2) is 34.8 Å². The molecule has 0 saturated carbocycles. The molecule has 5 nitrogen and oxygen atoms in total. The summed E-state index contributed by atoms with van der Waals surface area (Å²) in [4.78, 5) is 31.5. The van der Waals surface area contributed by atoms with Gasteiger partial charge in [-0.2, -0.15) is 0 Å². The van der Waals surface area contributed by atoms with E-state index in [1.165, 1.54) is 0 Å². The number of nitrogens with one attached hydrogen (secondary N) is 1. The molecule has 0 aliphatic rings. The van der Waals surface area contributed by atoms with E-state index in [4.69, 9.17) is 11.6 Å². The zero-order valence-electron chi connectivity index (χ0n) is 16.0. The Balaban J connectivity index is 1.81. The van der Waals surface area contributed by atoms with E-state index in [9.17, 15) is 9.59 Å². The maximum Gasteiger partial charge on any atom is 0.222 e. The third-order valence-corrected chi connectivity index (χ3v) is 5.53. The Labute approximate surface area is 169 Å². The molecule has 1 N–H and O–H groups in total. The number of aromatic nitrogens is 1. The van der Waals surface area contributed by atoms with E-state index in [-0.39, 0.29) is 11.8 Å². The number of carbonyl (C=O) groups is 2. The van der Waals surface area contributed by atoms with E-state index in [0.29, 0.717) is 43.9 Å². The molecule has 2 aromatic rings. The van der Waals surface area contributed by atoms with Crippen LogP contribution in [0.25, 0.3) is 11.3 Å². The first-order valence-electron chi connectivity index (χ1n) is 9.21. The van der Waals surface area contributed by atoms with E-state index in [1.54, 1.807) is 16.2 Å². The number of amides is 2. The number of thiazole rings is 1. The molecule has 0 fully saturated rings. The summed E-state index contributed by atoms with van der Waals surface area (Å²) in [6, 6.07) is 7.58. The normalized spacial score (nSPS) is 10.7. The lowest BCUT2D eigenvalue weighted by atomic mass is 10.1. The molecule has 27 heavy (non-hydrogen) atoms. The molecular weight excluding hydrogens is 382 g/mol. The third kappa shape index (κ3) is 6.33. The van der Waals surface area contributed by atoms with Crippen molar-refractivity contribution in [2.24, 2.45) is 0 Å². The molecule has 0 spiro atoms. The SMILES string of the molecule is CCN(CC)C(=O)CCCC(=O)NCc1nc(-c2ccc(Cl)cc2)c(C)s1. The number of hydrogen-bond donors (Lipinski definition) is 1. The summed E-state index contributed by atoms with van der Waals surface area (Å²) in [6.45, 7) is 7.76. The summed E-state index contributed by atoms with van der Waals surface area (Å²) >= 11 is 7.51. The highest BCUT2D eigenvalue weighted by molar-refractivity contribution is 7.12. The molecule has 146 valence electrons. The topological polar surface area (TPSA) is 62.3 Å². The average Bonchev–Trinajstić information content (AvgIpc) is 3.02. The van der Waals surface area contributed by atoms with Crippen LogP contribution in [0.3, 0.4) is 0 Å². The largest absolute Gasteiger partial charge is 0.350 e. The van der Waals surface area contributed by atoms with Gasteiger partial charge < -0.3 is 10.2 Å². The molecule has 0 radical (unpaired) electrons. The van der Waals surface area contributed by atoms with Crippen molar-refractivity contribution >= 4 is 34.8 Å². The third-order valence-electron chi connectivity index (χ3n) is 4.31. The van der Waals surface area contributed by atoms with Gasteiger partial charge >= 0.3 is 0 Å². The molecule has 0 aliphatic heterocycles. The van der Waals surface area contributed by atoms with Crippen molar-refractivity contribution in [3.63, 3.8) is 0 Å². The van der Waals surface area contributed by atoms with Gasteiger partial charge in [-0.3, -0.25) is 9.59 Å². The maximum atomic E-state index is 12.0. The molecule has 2 amide bonds. The molecule has 7 heteroatoms. The van der Waals surface area contributed by atoms with Crippen molar-refractivity contribution in [3.05, 3.63) is 39.2 Å². The summed E-state index contributed by atoms with van der Waals surface area (Å²) in [5.74, 6) is 0.0548. The van der Waals surface area contributed by atoms with Gasteiger partial charge in [0.2, 0.25) is 11.8 Å². The van der Waals surface area contributed by atoms with Gasteiger partial charge in [0.25, 0.3) is 0 Å². The van der Waals surface area contributed by atoms with Crippen molar-refractivity contribution in [2.75, 3.05) is 13.1 Å². The van der Waals surface area contributed by atoms with E-state index in [2.05, 4.69) is 10.3 Å². The second kappa shape index (κ2) is 10.4. The van der Waals surface area contributed by atoms with Crippen molar-refractivity contribution in [1.29, 1.82) is 0 Å². The first kappa shape index (κ1) is 21.4. The lowest BCUT2D eigenvalue weighted by Crippen LogP contribution is -2.30. The molecule has 0 unspecified atom stereocenters. The van der Waals surface area contributed by atoms with E-state index in [1.807, 2.05) is 45.0 Å². The fourth-order valence-electron chi connectivity index (χ4n) is 2.80. The summed E-state index contributed by atoms with van der Waals surface area (Å²) in [7, 11) is 0. The molecule has 0 saturated heterocycles. The minimum Gasteiger partial charge on any atom is -0.350 e. The van der Waals surface area contributed by atoms with Crippen LogP contribution >= 0.6 is 22.9 Å². The van der Waals surface area contributed by atoms with Gasteiger partial charge in [0.15, 0.2) is 0 Å². The van der Waals surface area contributed by atoms with Crippen LogP contribution in [-0.2, 0) is 16.1 Å². The van der Waals surface area contributed by atoms with Crippen LogP contribution in [0, 0.1) is 6.92 Å². The molecular formula is C20H26ClN3O2S. The zero-order valence-corrected chi connectivity index (χ0v) is 17.6. The second-order valence-electron chi connectivity index (χ2n) is 6.22. The Kier molecular flexibility index (Phi) is 8.25. The Hall–Kier alpha value is -1.92. The molecule has 1 heterocycles. The highest BCUT2D eigenvalue weighted by atomic mass is 35.5. The van der Waals surface area contributed by atoms with Gasteiger partial charge in [-0.25, -0.2) is 4.98 Å². The van der Waals surface area contributed by atoms with E-state index >= 15 is 0 Å². The predicted molar refractivity (Wildman–Crippen MR) is 111 cm³/mol. The van der Waals surface area contributed by atoms with Crippen molar-refractivity contribution in [2.45, 2.75) is 46.6 Å². The van der Waals surface area contributed by atoms with Crippen LogP contribution in [0.4, 0.5) is 0 Å². The quantitative estimate of drug-likeness (QED) is 0.668. The van der Waals surface area contributed by atoms with Crippen LogP contribution in [0.5, 0.6) is 0 Å². The van der Waals surface area contributed by atoms with Gasteiger partial charge in [-0.05, 0) is 39.3 Å². The van der Waals surface area contributed by atoms with Crippen molar-refractivity contribution in [3.8, 4) is 11.3 Å². The molecule has 0 bridgehead atoms. The monoisotopic (exact) mass is 407 g/mol. The fraction of sp³-hybridized carbons (Fsp3) is 0.450. The molecule has 0 atom stereocenters. The highest BCUT2D eigenvalue weighted by Gasteiger charge is 2.12. The summed E-state index contributed by atoms with van der Waals surface area (Å²) in [5.41, 5.74) is 1.94. The number of halogens is 1.